The molecule has 1 aliphatic rings. The third-order valence-electron chi connectivity index (χ3n) is 1.66. The van der Waals surface area contributed by atoms with Crippen LogP contribution in [0, 0.1) is 0 Å². The molecule has 0 amide bonds. The van der Waals surface area contributed by atoms with Crippen LogP contribution in [0.15, 0.2) is 0 Å². The van der Waals surface area contributed by atoms with Crippen molar-refractivity contribution in [2.75, 3.05) is 19.8 Å². The molecule has 0 aromatic heterocycles. The topological polar surface area (TPSA) is 21.8 Å². The van der Waals surface area contributed by atoms with Crippen molar-refractivity contribution in [3.05, 3.63) is 0 Å². The molecule has 1 rings (SSSR count). The minimum Gasteiger partial charge on any atom is -0.372 e. The molecule has 2 nitrogen and oxygen atoms in total. The van der Waals surface area contributed by atoms with Crippen molar-refractivity contribution in [2.45, 2.75) is 24.4 Å². The Morgan fingerprint density at radius 1 is 1.27 bits per heavy atom. The van der Waals surface area contributed by atoms with Crippen molar-refractivity contribution < 1.29 is 35.8 Å². The van der Waals surface area contributed by atoms with Crippen LogP contribution >= 0.6 is 0 Å². The summed E-state index contributed by atoms with van der Waals surface area (Å²) in [6, 6.07) is 0. The first-order valence-corrected chi connectivity index (χ1v) is 4.01. The third kappa shape index (κ3) is 3.86. The van der Waals surface area contributed by atoms with Crippen LogP contribution in [0.5, 0.6) is 0 Å². The summed E-state index contributed by atoms with van der Waals surface area (Å²) in [5.41, 5.74) is 0. The fraction of sp³-hybridized carbons (Fsp3) is 1.00. The maximum atomic E-state index is 12.5. The molecule has 0 aliphatic carbocycles. The number of epoxide rings is 1. The van der Waals surface area contributed by atoms with Crippen LogP contribution in [0.1, 0.15) is 0 Å². The quantitative estimate of drug-likeness (QED) is 0.539. The molecule has 0 aromatic rings. The Kier molecular flexibility index (Phi) is 3.49. The molecule has 0 spiro atoms. The fourth-order valence-corrected chi connectivity index (χ4v) is 0.803. The summed E-state index contributed by atoms with van der Waals surface area (Å²) in [6.45, 7) is -1.53. The van der Waals surface area contributed by atoms with Crippen molar-refractivity contribution in [3.63, 3.8) is 0 Å². The van der Waals surface area contributed by atoms with Crippen LogP contribution in [0.25, 0.3) is 0 Å². The molecule has 15 heavy (non-hydrogen) atoms. The zero-order valence-corrected chi connectivity index (χ0v) is 7.36. The Labute approximate surface area is 81.1 Å². The Hall–Kier alpha value is -0.500. The Morgan fingerprint density at radius 3 is 2.20 bits per heavy atom. The van der Waals surface area contributed by atoms with Gasteiger partial charge in [-0.1, -0.05) is 0 Å². The smallest absolute Gasteiger partial charge is 0.372 e. The van der Waals surface area contributed by atoms with E-state index in [0.717, 1.165) is 0 Å². The standard InChI is InChI=1S/C7H8F6O2/c8-5(7(11,12)13)6(9,10)3-14-1-4-2-15-4/h4-5H,1-3H2/t4-,5+/m0/s1. The fourth-order valence-electron chi connectivity index (χ4n) is 0.803. The van der Waals surface area contributed by atoms with E-state index in [4.69, 9.17) is 0 Å². The van der Waals surface area contributed by atoms with Gasteiger partial charge in [0.05, 0.1) is 13.2 Å². The van der Waals surface area contributed by atoms with Gasteiger partial charge in [-0.25, -0.2) is 13.2 Å². The third-order valence-corrected chi connectivity index (χ3v) is 1.66. The van der Waals surface area contributed by atoms with Gasteiger partial charge < -0.3 is 9.47 Å². The van der Waals surface area contributed by atoms with Crippen LogP contribution in [0.2, 0.25) is 0 Å². The average molecular weight is 238 g/mol. The predicted octanol–water partition coefficient (Wildman–Crippen LogP) is 1.94. The van der Waals surface area contributed by atoms with Gasteiger partial charge in [0.15, 0.2) is 0 Å². The highest BCUT2D eigenvalue weighted by molar-refractivity contribution is 4.83. The van der Waals surface area contributed by atoms with Crippen LogP contribution in [0.4, 0.5) is 26.3 Å². The maximum absolute atomic E-state index is 12.5. The Bertz CT molecular complexity index is 212. The summed E-state index contributed by atoms with van der Waals surface area (Å²) in [5.74, 6) is -4.56. The number of alkyl halides is 6. The monoisotopic (exact) mass is 238 g/mol. The highest BCUT2D eigenvalue weighted by Crippen LogP contribution is 2.35. The number of halogens is 6. The first-order chi connectivity index (χ1) is 6.73. The van der Waals surface area contributed by atoms with Crippen molar-refractivity contribution in [1.29, 1.82) is 0 Å². The van der Waals surface area contributed by atoms with Crippen LogP contribution in [-0.4, -0.2) is 44.2 Å². The second-order valence-electron chi connectivity index (χ2n) is 3.14. The lowest BCUT2D eigenvalue weighted by atomic mass is 10.2. The normalized spacial score (nSPS) is 24.0. The molecular formula is C7H8F6O2. The first-order valence-electron chi connectivity index (χ1n) is 4.01. The van der Waals surface area contributed by atoms with E-state index in [1.807, 2.05) is 0 Å². The van der Waals surface area contributed by atoms with Gasteiger partial charge in [-0.05, 0) is 0 Å². The van der Waals surface area contributed by atoms with E-state index in [-0.39, 0.29) is 12.7 Å². The number of hydrogen-bond acceptors (Lipinski definition) is 2. The molecule has 0 aromatic carbocycles. The summed E-state index contributed by atoms with van der Waals surface area (Å²) in [7, 11) is 0. The van der Waals surface area contributed by atoms with E-state index in [1.54, 1.807) is 0 Å². The predicted molar refractivity (Wildman–Crippen MR) is 36.5 cm³/mol. The molecule has 0 radical (unpaired) electrons. The minimum atomic E-state index is -5.58. The van der Waals surface area contributed by atoms with Crippen molar-refractivity contribution >= 4 is 0 Å². The molecule has 0 unspecified atom stereocenters. The van der Waals surface area contributed by atoms with Crippen LogP contribution in [-0.2, 0) is 9.47 Å². The summed E-state index contributed by atoms with van der Waals surface area (Å²) in [5, 5.41) is 0. The molecule has 0 bridgehead atoms. The Balaban J connectivity index is 2.34. The number of hydrogen-bond donors (Lipinski definition) is 0. The molecule has 8 heteroatoms. The number of rotatable bonds is 5. The molecule has 0 saturated carbocycles. The highest BCUT2D eigenvalue weighted by atomic mass is 19.4. The number of ether oxygens (including phenoxy) is 2. The minimum absolute atomic E-state index is 0.250. The van der Waals surface area contributed by atoms with Gasteiger partial charge in [-0.15, -0.1) is 0 Å². The largest absolute Gasteiger partial charge is 0.425 e. The van der Waals surface area contributed by atoms with E-state index in [0.29, 0.717) is 6.61 Å². The summed E-state index contributed by atoms with van der Waals surface area (Å²) >= 11 is 0. The maximum Gasteiger partial charge on any atom is 0.425 e. The second-order valence-corrected chi connectivity index (χ2v) is 3.14. The lowest BCUT2D eigenvalue weighted by Crippen LogP contribution is -2.44. The van der Waals surface area contributed by atoms with Gasteiger partial charge in [0.25, 0.3) is 6.17 Å². The Morgan fingerprint density at radius 2 is 1.80 bits per heavy atom. The van der Waals surface area contributed by atoms with E-state index >= 15 is 0 Å². The summed E-state index contributed by atoms with van der Waals surface area (Å²) in [4.78, 5) is 0. The van der Waals surface area contributed by atoms with Crippen LogP contribution < -0.4 is 0 Å². The highest BCUT2D eigenvalue weighted by Gasteiger charge is 2.56. The van der Waals surface area contributed by atoms with Crippen molar-refractivity contribution in [3.8, 4) is 0 Å². The molecule has 1 fully saturated rings. The van der Waals surface area contributed by atoms with E-state index in [1.165, 1.54) is 0 Å². The van der Waals surface area contributed by atoms with Gasteiger partial charge >= 0.3 is 12.1 Å². The first kappa shape index (κ1) is 12.6. The van der Waals surface area contributed by atoms with E-state index in [9.17, 15) is 26.3 Å². The lowest BCUT2D eigenvalue weighted by Gasteiger charge is -2.22. The van der Waals surface area contributed by atoms with E-state index in [2.05, 4.69) is 9.47 Å². The second kappa shape index (κ2) is 4.17. The van der Waals surface area contributed by atoms with Gasteiger partial charge in [0, 0.05) is 0 Å². The average Bonchev–Trinajstić information content (AvgIpc) is 2.85. The molecule has 0 N–H and O–H groups in total. The molecule has 1 heterocycles. The van der Waals surface area contributed by atoms with Gasteiger partial charge in [0.2, 0.25) is 0 Å². The van der Waals surface area contributed by atoms with Gasteiger partial charge in [-0.2, -0.15) is 13.2 Å². The van der Waals surface area contributed by atoms with Gasteiger partial charge in [0.1, 0.15) is 12.7 Å². The van der Waals surface area contributed by atoms with Gasteiger partial charge in [-0.3, -0.25) is 0 Å². The zero-order valence-electron chi connectivity index (χ0n) is 7.36. The van der Waals surface area contributed by atoms with Crippen molar-refractivity contribution in [1.82, 2.24) is 0 Å². The van der Waals surface area contributed by atoms with E-state index < -0.39 is 24.9 Å². The summed E-state index contributed by atoms with van der Waals surface area (Å²) in [6.07, 6.45) is -10.1. The molecular weight excluding hydrogens is 230 g/mol. The zero-order chi connectivity index (χ0) is 11.7. The SMILES string of the molecule is F[C@@H](C(F)(F)F)C(F)(F)COC[C@H]1CO1. The lowest BCUT2D eigenvalue weighted by molar-refractivity contribution is -0.255. The summed E-state index contributed by atoms with van der Waals surface area (Å²) < 4.78 is 80.9. The molecule has 1 aliphatic heterocycles. The van der Waals surface area contributed by atoms with Crippen LogP contribution in [0.3, 0.4) is 0 Å². The van der Waals surface area contributed by atoms with Crippen molar-refractivity contribution in [2.24, 2.45) is 0 Å². The molecule has 2 atom stereocenters. The molecule has 90 valence electrons. The molecule has 1 saturated heterocycles.